The van der Waals surface area contributed by atoms with Gasteiger partial charge in [-0.25, -0.2) is 8.78 Å². The lowest BCUT2D eigenvalue weighted by molar-refractivity contribution is 0.140. The van der Waals surface area contributed by atoms with Gasteiger partial charge >= 0.3 is 0 Å². The number of hydrogen-bond donors (Lipinski definition) is 0. The van der Waals surface area contributed by atoms with E-state index in [4.69, 9.17) is 9.47 Å². The number of aromatic nitrogens is 2. The summed E-state index contributed by atoms with van der Waals surface area (Å²) >= 11 is 0. The van der Waals surface area contributed by atoms with Crippen LogP contribution in [0.2, 0.25) is 0 Å². The fourth-order valence-electron chi connectivity index (χ4n) is 13.1. The summed E-state index contributed by atoms with van der Waals surface area (Å²) in [6.07, 6.45) is 50.1. The topological polar surface area (TPSA) is 44.2 Å². The number of ether oxygens (including phenoxy) is 2. The van der Waals surface area contributed by atoms with E-state index in [1.54, 1.807) is 12.4 Å². The fraction of sp³-hybridized carbons (Fsp3) is 0.841. The molecule has 4 aliphatic rings. The molecule has 0 aromatic carbocycles. The van der Waals surface area contributed by atoms with E-state index in [-0.39, 0.29) is 13.2 Å². The predicted molar refractivity (Wildman–Crippen MR) is 289 cm³/mol. The quantitative estimate of drug-likeness (QED) is 0.0707. The summed E-state index contributed by atoms with van der Waals surface area (Å²) in [4.78, 5) is 9.20. The average molecular weight is 962 g/mol. The summed E-state index contributed by atoms with van der Waals surface area (Å²) in [6.45, 7) is 9.30. The largest absolute Gasteiger partial charge is 0.489 e. The molecule has 2 unspecified atom stereocenters. The summed E-state index contributed by atoms with van der Waals surface area (Å²) < 4.78 is 39.3. The van der Waals surface area contributed by atoms with Gasteiger partial charge in [-0.3, -0.25) is 9.97 Å². The van der Waals surface area contributed by atoms with Crippen molar-refractivity contribution in [3.8, 4) is 11.5 Å². The van der Waals surface area contributed by atoms with Gasteiger partial charge in [-0.2, -0.15) is 0 Å². The lowest BCUT2D eigenvalue weighted by atomic mass is 9.68. The number of unbranched alkanes of at least 4 members (excludes halogenated alkanes) is 9. The Hall–Kier alpha value is -2.24. The standard InChI is InChI=1S/C32H54FNO.C31H52FNO/c1-3-5-7-9-11-30(33)25-35-32-23-22-31(34-24-32)21-16-27-14-19-29(20-15-27)28-17-12-26(13-18-28)10-8-6-4-2;1-3-5-7-8-10-29(32)24-34-31-22-21-30(33-23-31)20-15-26-13-18-28(19-14-26)27-16-11-25(12-17-27)9-6-4-2/h22-24,26-30H,3-21,25H2,1-2H3;21-23,25-29H,3-20,24H2,1-2H3. The molecule has 0 spiro atoms. The van der Waals surface area contributed by atoms with Crippen LogP contribution in [0.1, 0.15) is 264 Å². The van der Waals surface area contributed by atoms with Crippen LogP contribution in [0.4, 0.5) is 8.78 Å². The van der Waals surface area contributed by atoms with Crippen LogP contribution in [-0.4, -0.2) is 35.5 Å². The third kappa shape index (κ3) is 23.5. The van der Waals surface area contributed by atoms with Gasteiger partial charge in [0.05, 0.1) is 12.4 Å². The highest BCUT2D eigenvalue weighted by molar-refractivity contribution is 5.21. The molecule has 2 heterocycles. The average Bonchev–Trinajstić information content (AvgIpc) is 3.39. The molecule has 2 aromatic heterocycles. The monoisotopic (exact) mass is 961 g/mol. The molecule has 2 aromatic rings. The molecular weight excluding hydrogens is 855 g/mol. The molecule has 0 bridgehead atoms. The van der Waals surface area contributed by atoms with Gasteiger partial charge in [0.1, 0.15) is 37.1 Å². The normalized spacial score (nSPS) is 26.1. The summed E-state index contributed by atoms with van der Waals surface area (Å²) in [5.74, 6) is 9.26. The number of nitrogens with zero attached hydrogens (tertiary/aromatic N) is 2. The van der Waals surface area contributed by atoms with Crippen molar-refractivity contribution in [2.45, 2.75) is 278 Å². The zero-order valence-corrected chi connectivity index (χ0v) is 45.3. The van der Waals surface area contributed by atoms with Crippen molar-refractivity contribution < 1.29 is 18.3 Å². The highest BCUT2D eigenvalue weighted by atomic mass is 19.1. The molecule has 0 amide bonds. The zero-order chi connectivity index (χ0) is 48.7. The van der Waals surface area contributed by atoms with E-state index in [2.05, 4.69) is 49.8 Å². The van der Waals surface area contributed by atoms with Crippen LogP contribution in [0.5, 0.6) is 11.5 Å². The van der Waals surface area contributed by atoms with Crippen LogP contribution in [0, 0.1) is 47.3 Å². The summed E-state index contributed by atoms with van der Waals surface area (Å²) in [7, 11) is 0. The molecule has 4 nitrogen and oxygen atoms in total. The van der Waals surface area contributed by atoms with Crippen LogP contribution in [0.25, 0.3) is 0 Å². The Morgan fingerprint density at radius 1 is 0.406 bits per heavy atom. The van der Waals surface area contributed by atoms with Gasteiger partial charge in [0.25, 0.3) is 0 Å². The van der Waals surface area contributed by atoms with Crippen molar-refractivity contribution in [3.05, 3.63) is 48.0 Å². The molecule has 0 N–H and O–H groups in total. The Bertz CT molecular complexity index is 1510. The fourth-order valence-corrected chi connectivity index (χ4v) is 13.1. The molecule has 0 saturated heterocycles. The maximum Gasteiger partial charge on any atom is 0.137 e. The van der Waals surface area contributed by atoms with E-state index in [9.17, 15) is 8.78 Å². The van der Waals surface area contributed by atoms with Gasteiger partial charge in [0.15, 0.2) is 0 Å². The minimum Gasteiger partial charge on any atom is -0.489 e. The first-order valence-electron chi connectivity index (χ1n) is 30.3. The Morgan fingerprint density at radius 3 is 1.07 bits per heavy atom. The highest BCUT2D eigenvalue weighted by Crippen LogP contribution is 2.44. The van der Waals surface area contributed by atoms with Crippen LogP contribution in [-0.2, 0) is 12.8 Å². The number of aryl methyl sites for hydroxylation is 2. The van der Waals surface area contributed by atoms with Gasteiger partial charge in [0, 0.05) is 11.4 Å². The summed E-state index contributed by atoms with van der Waals surface area (Å²) in [6, 6.07) is 8.10. The Morgan fingerprint density at radius 2 is 0.739 bits per heavy atom. The van der Waals surface area contributed by atoms with Crippen molar-refractivity contribution in [1.29, 1.82) is 0 Å². The van der Waals surface area contributed by atoms with Crippen LogP contribution < -0.4 is 9.47 Å². The highest BCUT2D eigenvalue weighted by Gasteiger charge is 2.32. The van der Waals surface area contributed by atoms with E-state index in [1.807, 2.05) is 12.1 Å². The number of pyridine rings is 2. The Kier molecular flexibility index (Phi) is 29.3. The second-order valence-corrected chi connectivity index (χ2v) is 23.3. The second kappa shape index (κ2) is 35.0. The first kappa shape index (κ1) is 57.7. The van der Waals surface area contributed by atoms with E-state index in [0.29, 0.717) is 24.3 Å². The number of rotatable bonds is 31. The van der Waals surface area contributed by atoms with Crippen molar-refractivity contribution >= 4 is 0 Å². The summed E-state index contributed by atoms with van der Waals surface area (Å²) in [5, 5.41) is 0. The number of alkyl halides is 2. The SMILES string of the molecule is CCCCCCC(F)COc1ccc(CCC2CCC(C3CCC(CCCC)CC3)CC2)nc1.CCCCCCC(F)COc1ccc(CCC2CCC(C3CCC(CCCCC)CC3)CC2)nc1. The van der Waals surface area contributed by atoms with E-state index < -0.39 is 12.3 Å². The molecule has 0 aliphatic heterocycles. The molecule has 4 saturated carbocycles. The lowest BCUT2D eigenvalue weighted by Crippen LogP contribution is -2.26. The second-order valence-electron chi connectivity index (χ2n) is 23.3. The van der Waals surface area contributed by atoms with Crippen molar-refractivity contribution in [3.63, 3.8) is 0 Å². The van der Waals surface area contributed by atoms with Gasteiger partial charge in [-0.1, -0.05) is 175 Å². The molecule has 394 valence electrons. The Balaban J connectivity index is 0.000000258. The summed E-state index contributed by atoms with van der Waals surface area (Å²) in [5.41, 5.74) is 2.30. The van der Waals surface area contributed by atoms with Gasteiger partial charge in [0.2, 0.25) is 0 Å². The van der Waals surface area contributed by atoms with Gasteiger partial charge in [-0.05, 0) is 162 Å². The molecule has 4 aliphatic carbocycles. The maximum absolute atomic E-state index is 14.0. The molecule has 2 atom stereocenters. The lowest BCUT2D eigenvalue weighted by Gasteiger charge is -2.38. The van der Waals surface area contributed by atoms with E-state index in [1.165, 1.54) is 186 Å². The number of hydrogen-bond acceptors (Lipinski definition) is 4. The van der Waals surface area contributed by atoms with Gasteiger partial charge in [-0.15, -0.1) is 0 Å². The first-order chi connectivity index (χ1) is 33.8. The molecule has 6 rings (SSSR count). The van der Waals surface area contributed by atoms with Crippen LogP contribution >= 0.6 is 0 Å². The zero-order valence-electron chi connectivity index (χ0n) is 45.3. The van der Waals surface area contributed by atoms with Crippen LogP contribution in [0.15, 0.2) is 36.7 Å². The van der Waals surface area contributed by atoms with Gasteiger partial charge < -0.3 is 9.47 Å². The minimum absolute atomic E-state index is 0.150. The maximum atomic E-state index is 14.0. The molecular formula is C63H106F2N2O2. The molecule has 4 fully saturated rings. The smallest absolute Gasteiger partial charge is 0.137 e. The molecule has 0 radical (unpaired) electrons. The Labute approximate surface area is 424 Å². The van der Waals surface area contributed by atoms with Crippen molar-refractivity contribution in [2.24, 2.45) is 47.3 Å². The third-order valence-electron chi connectivity index (χ3n) is 17.9. The predicted octanol–water partition coefficient (Wildman–Crippen LogP) is 19.4. The molecule has 69 heavy (non-hydrogen) atoms. The number of halogens is 2. The molecule has 6 heteroatoms. The van der Waals surface area contributed by atoms with Crippen LogP contribution in [0.3, 0.4) is 0 Å². The third-order valence-corrected chi connectivity index (χ3v) is 17.9. The van der Waals surface area contributed by atoms with Crippen molar-refractivity contribution in [1.82, 2.24) is 9.97 Å². The minimum atomic E-state index is -0.873. The van der Waals surface area contributed by atoms with E-state index >= 15 is 0 Å². The van der Waals surface area contributed by atoms with E-state index in [0.717, 1.165) is 97.3 Å². The first-order valence-corrected chi connectivity index (χ1v) is 30.3. The van der Waals surface area contributed by atoms with Crippen molar-refractivity contribution in [2.75, 3.05) is 13.2 Å².